The van der Waals surface area contributed by atoms with E-state index in [1.54, 1.807) is 6.07 Å². The summed E-state index contributed by atoms with van der Waals surface area (Å²) < 4.78 is 28.5. The van der Waals surface area contributed by atoms with Crippen LogP contribution in [0.3, 0.4) is 0 Å². The van der Waals surface area contributed by atoms with E-state index in [1.807, 2.05) is 66.7 Å². The number of sulfonamides is 1. The molecular weight excluding hydrogens is 444 g/mol. The molecule has 2 N–H and O–H groups in total. The summed E-state index contributed by atoms with van der Waals surface area (Å²) in [7, 11) is -3.95. The Morgan fingerprint density at radius 3 is 2.22 bits per heavy atom. The fraction of sp³-hybridized carbons (Fsp3) is 0.0800. The summed E-state index contributed by atoms with van der Waals surface area (Å²) in [5.41, 5.74) is 1.46. The average Bonchev–Trinajstić information content (AvgIpc) is 2.80. The number of carbonyl (C=O) groups is 1. The third-order valence-electron chi connectivity index (χ3n) is 5.07. The smallest absolute Gasteiger partial charge is 0.242 e. The summed E-state index contributed by atoms with van der Waals surface area (Å²) in [5.74, 6) is -0.442. The van der Waals surface area contributed by atoms with Crippen molar-refractivity contribution in [1.82, 2.24) is 4.72 Å². The van der Waals surface area contributed by atoms with Crippen LogP contribution in [-0.4, -0.2) is 20.4 Å². The lowest BCUT2D eigenvalue weighted by molar-refractivity contribution is -0.117. The SMILES string of the molecule is O=C(Nc1cccc2ccccc12)[C@@H](Cc1ccccc1)NS(=O)(=O)c1ccc(Cl)cc1. The van der Waals surface area contributed by atoms with Crippen LogP contribution in [0.5, 0.6) is 0 Å². The molecule has 0 aliphatic heterocycles. The Hall–Kier alpha value is -3.19. The van der Waals surface area contributed by atoms with Crippen molar-refractivity contribution in [2.24, 2.45) is 0 Å². The van der Waals surface area contributed by atoms with E-state index < -0.39 is 22.0 Å². The quantitative estimate of drug-likeness (QED) is 0.403. The second kappa shape index (κ2) is 9.53. The number of rotatable bonds is 7. The van der Waals surface area contributed by atoms with Gasteiger partial charge in [-0.25, -0.2) is 8.42 Å². The molecule has 0 bridgehead atoms. The average molecular weight is 465 g/mol. The van der Waals surface area contributed by atoms with Crippen LogP contribution in [0.15, 0.2) is 102 Å². The second-order valence-electron chi connectivity index (χ2n) is 7.33. The van der Waals surface area contributed by atoms with Crippen LogP contribution in [0.2, 0.25) is 5.02 Å². The number of amides is 1. The Balaban J connectivity index is 1.64. The molecule has 0 aliphatic carbocycles. The second-order valence-corrected chi connectivity index (χ2v) is 9.48. The van der Waals surface area contributed by atoms with Crippen molar-refractivity contribution in [3.05, 3.63) is 108 Å². The largest absolute Gasteiger partial charge is 0.324 e. The molecule has 0 unspecified atom stereocenters. The van der Waals surface area contributed by atoms with Gasteiger partial charge in [0.15, 0.2) is 0 Å². The monoisotopic (exact) mass is 464 g/mol. The molecule has 1 amide bonds. The molecule has 0 saturated carbocycles. The van der Waals surface area contributed by atoms with Gasteiger partial charge in [-0.15, -0.1) is 0 Å². The van der Waals surface area contributed by atoms with Gasteiger partial charge in [-0.1, -0.05) is 78.3 Å². The van der Waals surface area contributed by atoms with E-state index in [0.717, 1.165) is 16.3 Å². The predicted molar refractivity (Wildman–Crippen MR) is 128 cm³/mol. The Kier molecular flexibility index (Phi) is 6.55. The molecule has 0 aliphatic rings. The molecule has 4 rings (SSSR count). The molecular formula is C25H21ClN2O3S. The molecule has 1 atom stereocenters. The number of fused-ring (bicyclic) bond motifs is 1. The first-order chi connectivity index (χ1) is 15.4. The summed E-state index contributed by atoms with van der Waals surface area (Å²) in [5, 5.41) is 5.19. The van der Waals surface area contributed by atoms with Gasteiger partial charge in [0.2, 0.25) is 15.9 Å². The van der Waals surface area contributed by atoms with E-state index in [1.165, 1.54) is 24.3 Å². The van der Waals surface area contributed by atoms with Crippen LogP contribution in [0.25, 0.3) is 10.8 Å². The number of hydrogen-bond donors (Lipinski definition) is 2. The zero-order valence-corrected chi connectivity index (χ0v) is 18.6. The molecule has 0 heterocycles. The fourth-order valence-corrected chi connectivity index (χ4v) is 4.78. The van der Waals surface area contributed by atoms with Gasteiger partial charge in [0.05, 0.1) is 4.90 Å². The van der Waals surface area contributed by atoms with Crippen LogP contribution in [-0.2, 0) is 21.2 Å². The van der Waals surface area contributed by atoms with Crippen molar-refractivity contribution >= 4 is 44.0 Å². The van der Waals surface area contributed by atoms with Crippen LogP contribution in [0.1, 0.15) is 5.56 Å². The molecule has 0 saturated heterocycles. The highest BCUT2D eigenvalue weighted by atomic mass is 35.5. The van der Waals surface area contributed by atoms with Gasteiger partial charge in [0, 0.05) is 16.1 Å². The van der Waals surface area contributed by atoms with Gasteiger partial charge in [0.1, 0.15) is 6.04 Å². The number of benzene rings is 4. The topological polar surface area (TPSA) is 75.3 Å². The normalized spacial score (nSPS) is 12.4. The van der Waals surface area contributed by atoms with Crippen molar-refractivity contribution in [2.45, 2.75) is 17.4 Å². The van der Waals surface area contributed by atoms with E-state index in [9.17, 15) is 13.2 Å². The molecule has 5 nitrogen and oxygen atoms in total. The minimum absolute atomic E-state index is 0.0397. The lowest BCUT2D eigenvalue weighted by Gasteiger charge is -2.19. The lowest BCUT2D eigenvalue weighted by atomic mass is 10.1. The summed E-state index contributed by atoms with van der Waals surface area (Å²) >= 11 is 5.88. The van der Waals surface area contributed by atoms with Gasteiger partial charge in [-0.05, 0) is 47.7 Å². The Morgan fingerprint density at radius 1 is 0.812 bits per heavy atom. The molecule has 0 radical (unpaired) electrons. The van der Waals surface area contributed by atoms with Gasteiger partial charge in [0.25, 0.3) is 0 Å². The summed E-state index contributed by atoms with van der Waals surface area (Å²) in [6.45, 7) is 0. The third-order valence-corrected chi connectivity index (χ3v) is 6.81. The minimum atomic E-state index is -3.95. The molecule has 0 fully saturated rings. The van der Waals surface area contributed by atoms with Crippen molar-refractivity contribution in [1.29, 1.82) is 0 Å². The molecule has 0 aromatic heterocycles. The fourth-order valence-electron chi connectivity index (χ4n) is 3.46. The van der Waals surface area contributed by atoms with Crippen LogP contribution in [0, 0.1) is 0 Å². The van der Waals surface area contributed by atoms with Crippen LogP contribution in [0.4, 0.5) is 5.69 Å². The molecule has 0 spiro atoms. The molecule has 4 aromatic rings. The van der Waals surface area contributed by atoms with E-state index in [-0.39, 0.29) is 11.3 Å². The lowest BCUT2D eigenvalue weighted by Crippen LogP contribution is -2.45. The van der Waals surface area contributed by atoms with Crippen LogP contribution >= 0.6 is 11.6 Å². The first-order valence-corrected chi connectivity index (χ1v) is 11.9. The molecule has 7 heteroatoms. The Bertz CT molecular complexity index is 1340. The Labute approximate surface area is 192 Å². The van der Waals surface area contributed by atoms with Gasteiger partial charge < -0.3 is 5.32 Å². The van der Waals surface area contributed by atoms with Crippen molar-refractivity contribution in [3.8, 4) is 0 Å². The number of nitrogens with one attached hydrogen (secondary N) is 2. The van der Waals surface area contributed by atoms with E-state index in [0.29, 0.717) is 10.7 Å². The third kappa shape index (κ3) is 5.16. The molecule has 32 heavy (non-hydrogen) atoms. The van der Waals surface area contributed by atoms with Gasteiger partial charge >= 0.3 is 0 Å². The maximum atomic E-state index is 13.3. The first-order valence-electron chi connectivity index (χ1n) is 10.0. The number of anilines is 1. The van der Waals surface area contributed by atoms with Gasteiger partial charge in [-0.2, -0.15) is 4.72 Å². The zero-order chi connectivity index (χ0) is 22.6. The molecule has 4 aromatic carbocycles. The maximum Gasteiger partial charge on any atom is 0.242 e. The standard InChI is InChI=1S/C25H21ClN2O3S/c26-20-13-15-21(16-14-20)32(30,31)28-24(17-18-7-2-1-3-8-18)25(29)27-23-12-6-10-19-9-4-5-11-22(19)23/h1-16,24,28H,17H2,(H,27,29)/t24-/m1/s1. The highest BCUT2D eigenvalue weighted by molar-refractivity contribution is 7.89. The minimum Gasteiger partial charge on any atom is -0.324 e. The zero-order valence-electron chi connectivity index (χ0n) is 17.0. The van der Waals surface area contributed by atoms with E-state index >= 15 is 0 Å². The number of carbonyl (C=O) groups excluding carboxylic acids is 1. The first kappa shape index (κ1) is 22.0. The Morgan fingerprint density at radius 2 is 1.47 bits per heavy atom. The molecule has 162 valence electrons. The van der Waals surface area contributed by atoms with Gasteiger partial charge in [-0.3, -0.25) is 4.79 Å². The van der Waals surface area contributed by atoms with Crippen molar-refractivity contribution in [3.63, 3.8) is 0 Å². The summed E-state index contributed by atoms with van der Waals surface area (Å²) in [6.07, 6.45) is 0.199. The van der Waals surface area contributed by atoms with Crippen molar-refractivity contribution in [2.75, 3.05) is 5.32 Å². The highest BCUT2D eigenvalue weighted by Gasteiger charge is 2.26. The van der Waals surface area contributed by atoms with E-state index in [2.05, 4.69) is 10.0 Å². The van der Waals surface area contributed by atoms with Crippen molar-refractivity contribution < 1.29 is 13.2 Å². The predicted octanol–water partition coefficient (Wildman–Crippen LogP) is 5.02. The number of hydrogen-bond acceptors (Lipinski definition) is 3. The van der Waals surface area contributed by atoms with E-state index in [4.69, 9.17) is 11.6 Å². The van der Waals surface area contributed by atoms with Crippen LogP contribution < -0.4 is 10.0 Å². The summed E-state index contributed by atoms with van der Waals surface area (Å²) in [4.78, 5) is 13.3. The number of halogens is 1. The summed E-state index contributed by atoms with van der Waals surface area (Å²) in [6, 6.07) is 27.4. The highest BCUT2D eigenvalue weighted by Crippen LogP contribution is 2.23. The maximum absolute atomic E-state index is 13.3.